The Labute approximate surface area is 74.9 Å². The van der Waals surface area contributed by atoms with Crippen molar-refractivity contribution in [3.05, 3.63) is 12.7 Å². The maximum atomic E-state index is 9.95. The third kappa shape index (κ3) is 4.52. The standard InChI is InChI=1S/C10H20O2/c1-4-6-10(12,7-5-2)8-9(3)11/h4,9,11-12H,1,5-8H2,2-3H3. The van der Waals surface area contributed by atoms with Crippen molar-refractivity contribution >= 4 is 0 Å². The fourth-order valence-corrected chi connectivity index (χ4v) is 1.57. The minimum Gasteiger partial charge on any atom is -0.393 e. The molecule has 0 rings (SSSR count). The molecule has 2 N–H and O–H groups in total. The van der Waals surface area contributed by atoms with Crippen LogP contribution in [0.15, 0.2) is 12.7 Å². The van der Waals surface area contributed by atoms with Crippen molar-refractivity contribution in [2.45, 2.75) is 51.2 Å². The quantitative estimate of drug-likeness (QED) is 0.600. The molecular formula is C10H20O2. The van der Waals surface area contributed by atoms with E-state index < -0.39 is 11.7 Å². The second-order valence-electron chi connectivity index (χ2n) is 3.52. The fourth-order valence-electron chi connectivity index (χ4n) is 1.57. The first-order valence-electron chi connectivity index (χ1n) is 4.55. The maximum Gasteiger partial charge on any atom is 0.0706 e. The molecule has 0 aromatic heterocycles. The first kappa shape index (κ1) is 11.7. The van der Waals surface area contributed by atoms with Crippen LogP contribution in [0.25, 0.3) is 0 Å². The summed E-state index contributed by atoms with van der Waals surface area (Å²) < 4.78 is 0. The van der Waals surface area contributed by atoms with Gasteiger partial charge in [0.1, 0.15) is 0 Å². The SMILES string of the molecule is C=CCC(O)(CCC)CC(C)O. The van der Waals surface area contributed by atoms with Gasteiger partial charge in [-0.3, -0.25) is 0 Å². The van der Waals surface area contributed by atoms with Crippen molar-refractivity contribution in [3.63, 3.8) is 0 Å². The predicted molar refractivity (Wildman–Crippen MR) is 51.0 cm³/mol. The highest BCUT2D eigenvalue weighted by Gasteiger charge is 2.25. The second kappa shape index (κ2) is 5.33. The van der Waals surface area contributed by atoms with Gasteiger partial charge >= 0.3 is 0 Å². The second-order valence-corrected chi connectivity index (χ2v) is 3.52. The van der Waals surface area contributed by atoms with E-state index in [0.717, 1.165) is 12.8 Å². The van der Waals surface area contributed by atoms with E-state index >= 15 is 0 Å². The number of hydrogen-bond acceptors (Lipinski definition) is 2. The van der Waals surface area contributed by atoms with Gasteiger partial charge in [0.05, 0.1) is 11.7 Å². The summed E-state index contributed by atoms with van der Waals surface area (Å²) in [6.45, 7) is 7.32. The Kier molecular flexibility index (Phi) is 5.18. The van der Waals surface area contributed by atoms with Gasteiger partial charge in [0.2, 0.25) is 0 Å². The van der Waals surface area contributed by atoms with Crippen LogP contribution in [0.4, 0.5) is 0 Å². The first-order valence-corrected chi connectivity index (χ1v) is 4.55. The molecule has 0 aliphatic carbocycles. The number of aliphatic hydroxyl groups is 2. The van der Waals surface area contributed by atoms with Crippen LogP contribution in [0, 0.1) is 0 Å². The lowest BCUT2D eigenvalue weighted by Gasteiger charge is -2.27. The Balaban J connectivity index is 4.06. The summed E-state index contributed by atoms with van der Waals surface area (Å²) >= 11 is 0. The zero-order chi connectivity index (χ0) is 9.61. The molecule has 2 nitrogen and oxygen atoms in total. The lowest BCUT2D eigenvalue weighted by Crippen LogP contribution is -2.31. The van der Waals surface area contributed by atoms with Crippen LogP contribution in [0.2, 0.25) is 0 Å². The molecule has 0 bridgehead atoms. The highest BCUT2D eigenvalue weighted by molar-refractivity contribution is 4.87. The van der Waals surface area contributed by atoms with E-state index in [0.29, 0.717) is 12.8 Å². The average molecular weight is 172 g/mol. The molecule has 2 atom stereocenters. The monoisotopic (exact) mass is 172 g/mol. The van der Waals surface area contributed by atoms with Crippen molar-refractivity contribution < 1.29 is 10.2 Å². The van der Waals surface area contributed by atoms with Crippen molar-refractivity contribution in [3.8, 4) is 0 Å². The molecule has 0 saturated heterocycles. The van der Waals surface area contributed by atoms with E-state index in [1.807, 2.05) is 6.92 Å². The smallest absolute Gasteiger partial charge is 0.0706 e. The molecule has 0 saturated carbocycles. The molecule has 0 radical (unpaired) electrons. The third-order valence-electron chi connectivity index (χ3n) is 1.92. The van der Waals surface area contributed by atoms with Crippen LogP contribution < -0.4 is 0 Å². The highest BCUT2D eigenvalue weighted by atomic mass is 16.3. The molecule has 0 aliphatic heterocycles. The van der Waals surface area contributed by atoms with Gasteiger partial charge in [-0.1, -0.05) is 19.4 Å². The minimum absolute atomic E-state index is 0.437. The van der Waals surface area contributed by atoms with E-state index in [2.05, 4.69) is 6.58 Å². The van der Waals surface area contributed by atoms with Crippen molar-refractivity contribution in [2.24, 2.45) is 0 Å². The summed E-state index contributed by atoms with van der Waals surface area (Å²) in [4.78, 5) is 0. The molecular weight excluding hydrogens is 152 g/mol. The van der Waals surface area contributed by atoms with Crippen LogP contribution in [0.5, 0.6) is 0 Å². The van der Waals surface area contributed by atoms with Crippen LogP contribution in [0.3, 0.4) is 0 Å². The Morgan fingerprint density at radius 1 is 1.58 bits per heavy atom. The average Bonchev–Trinajstić information content (AvgIpc) is 1.85. The predicted octanol–water partition coefficient (Wildman–Crippen LogP) is 1.86. The Morgan fingerprint density at radius 2 is 2.17 bits per heavy atom. The lowest BCUT2D eigenvalue weighted by molar-refractivity contribution is -0.0108. The number of hydrogen-bond donors (Lipinski definition) is 2. The third-order valence-corrected chi connectivity index (χ3v) is 1.92. The summed E-state index contributed by atoms with van der Waals surface area (Å²) in [5, 5.41) is 19.1. The minimum atomic E-state index is -0.745. The summed E-state index contributed by atoms with van der Waals surface area (Å²) in [5.41, 5.74) is -0.745. The van der Waals surface area contributed by atoms with E-state index in [4.69, 9.17) is 5.11 Å². The number of rotatable bonds is 6. The van der Waals surface area contributed by atoms with Gasteiger partial charge in [0.25, 0.3) is 0 Å². The van der Waals surface area contributed by atoms with Crippen molar-refractivity contribution in [1.82, 2.24) is 0 Å². The summed E-state index contributed by atoms with van der Waals surface area (Å²) in [6.07, 6.45) is 3.92. The topological polar surface area (TPSA) is 40.5 Å². The zero-order valence-corrected chi connectivity index (χ0v) is 8.08. The van der Waals surface area contributed by atoms with Crippen LogP contribution >= 0.6 is 0 Å². The molecule has 0 aromatic rings. The van der Waals surface area contributed by atoms with Gasteiger partial charge in [-0.2, -0.15) is 0 Å². The van der Waals surface area contributed by atoms with Crippen LogP contribution in [0.1, 0.15) is 39.5 Å². The molecule has 0 spiro atoms. The van der Waals surface area contributed by atoms with Crippen LogP contribution in [-0.4, -0.2) is 21.9 Å². The highest BCUT2D eigenvalue weighted by Crippen LogP contribution is 2.23. The largest absolute Gasteiger partial charge is 0.393 e. The molecule has 0 fully saturated rings. The number of aliphatic hydroxyl groups excluding tert-OH is 1. The summed E-state index contributed by atoms with van der Waals surface area (Å²) in [6, 6.07) is 0. The normalized spacial score (nSPS) is 18.3. The maximum absolute atomic E-state index is 9.95. The Hall–Kier alpha value is -0.340. The Bertz CT molecular complexity index is 132. The van der Waals surface area contributed by atoms with Gasteiger partial charge in [0, 0.05) is 6.42 Å². The first-order chi connectivity index (χ1) is 5.54. The lowest BCUT2D eigenvalue weighted by atomic mass is 9.88. The van der Waals surface area contributed by atoms with Crippen molar-refractivity contribution in [1.29, 1.82) is 0 Å². The van der Waals surface area contributed by atoms with Gasteiger partial charge in [-0.25, -0.2) is 0 Å². The molecule has 2 unspecified atom stereocenters. The van der Waals surface area contributed by atoms with E-state index in [1.165, 1.54) is 0 Å². The fraction of sp³-hybridized carbons (Fsp3) is 0.800. The van der Waals surface area contributed by atoms with E-state index in [1.54, 1.807) is 13.0 Å². The Morgan fingerprint density at radius 3 is 2.50 bits per heavy atom. The van der Waals surface area contributed by atoms with Crippen LogP contribution in [-0.2, 0) is 0 Å². The molecule has 2 heteroatoms. The molecule has 0 amide bonds. The zero-order valence-electron chi connectivity index (χ0n) is 8.08. The van der Waals surface area contributed by atoms with E-state index in [9.17, 15) is 5.11 Å². The molecule has 12 heavy (non-hydrogen) atoms. The van der Waals surface area contributed by atoms with Gasteiger partial charge in [0.15, 0.2) is 0 Å². The molecule has 72 valence electrons. The summed E-state index contributed by atoms with van der Waals surface area (Å²) in [5.74, 6) is 0. The summed E-state index contributed by atoms with van der Waals surface area (Å²) in [7, 11) is 0. The molecule has 0 aromatic carbocycles. The van der Waals surface area contributed by atoms with Gasteiger partial charge in [-0.05, 0) is 19.8 Å². The van der Waals surface area contributed by atoms with Gasteiger partial charge < -0.3 is 10.2 Å². The van der Waals surface area contributed by atoms with Crippen molar-refractivity contribution in [2.75, 3.05) is 0 Å². The molecule has 0 aliphatic rings. The molecule has 0 heterocycles. The van der Waals surface area contributed by atoms with Gasteiger partial charge in [-0.15, -0.1) is 6.58 Å². The van der Waals surface area contributed by atoms with E-state index in [-0.39, 0.29) is 0 Å².